The molecule has 4 rings (SSSR count). The first-order chi connectivity index (χ1) is 17.4. The van der Waals surface area contributed by atoms with E-state index >= 15 is 0 Å². The highest BCUT2D eigenvalue weighted by Crippen LogP contribution is 2.37. The summed E-state index contributed by atoms with van der Waals surface area (Å²) >= 11 is 13.5. The summed E-state index contributed by atoms with van der Waals surface area (Å²) in [6.45, 7) is 0. The molecule has 0 spiro atoms. The number of rotatable bonds is 8. The first kappa shape index (κ1) is 25.6. The van der Waals surface area contributed by atoms with Crippen molar-refractivity contribution in [1.29, 1.82) is 0 Å². The Hall–Kier alpha value is -3.45. The van der Waals surface area contributed by atoms with E-state index in [0.717, 1.165) is 10.5 Å². The second-order valence-corrected chi connectivity index (χ2v) is 9.73. The van der Waals surface area contributed by atoms with Crippen LogP contribution in [0, 0.1) is 0 Å². The molecular formula is C28H22Cl2N2O3S. The molecule has 36 heavy (non-hydrogen) atoms. The summed E-state index contributed by atoms with van der Waals surface area (Å²) in [4.78, 5) is 26.7. The lowest BCUT2D eigenvalue weighted by atomic mass is 10.1. The van der Waals surface area contributed by atoms with Gasteiger partial charge in [0.2, 0.25) is 5.91 Å². The Morgan fingerprint density at radius 3 is 2.08 bits per heavy atom. The fourth-order valence-electron chi connectivity index (χ4n) is 3.38. The maximum atomic E-state index is 13.3. The zero-order chi connectivity index (χ0) is 25.5. The monoisotopic (exact) mass is 536 g/mol. The van der Waals surface area contributed by atoms with Gasteiger partial charge in [-0.1, -0.05) is 53.5 Å². The summed E-state index contributed by atoms with van der Waals surface area (Å²) in [5, 5.41) is 6.08. The number of anilines is 2. The van der Waals surface area contributed by atoms with E-state index in [9.17, 15) is 9.59 Å². The van der Waals surface area contributed by atoms with Crippen LogP contribution in [-0.2, 0) is 4.79 Å². The number of halogens is 2. The van der Waals surface area contributed by atoms with Crippen molar-refractivity contribution in [2.45, 2.75) is 10.1 Å². The quantitative estimate of drug-likeness (QED) is 0.226. The fourth-order valence-corrected chi connectivity index (χ4v) is 4.70. The van der Waals surface area contributed by atoms with Gasteiger partial charge in [0.15, 0.2) is 0 Å². The van der Waals surface area contributed by atoms with Crippen molar-refractivity contribution < 1.29 is 14.3 Å². The van der Waals surface area contributed by atoms with Crippen molar-refractivity contribution in [3.8, 4) is 5.75 Å². The van der Waals surface area contributed by atoms with E-state index in [4.69, 9.17) is 27.9 Å². The van der Waals surface area contributed by atoms with Crippen molar-refractivity contribution in [2.24, 2.45) is 0 Å². The molecule has 0 aliphatic heterocycles. The average molecular weight is 537 g/mol. The largest absolute Gasteiger partial charge is 0.497 e. The Labute approximate surface area is 223 Å². The first-order valence-corrected chi connectivity index (χ1v) is 12.6. The molecule has 0 aliphatic carbocycles. The molecule has 2 amide bonds. The number of hydrogen-bond donors (Lipinski definition) is 2. The summed E-state index contributed by atoms with van der Waals surface area (Å²) in [7, 11) is 1.58. The molecular weight excluding hydrogens is 515 g/mol. The van der Waals surface area contributed by atoms with Gasteiger partial charge in [-0.05, 0) is 72.3 Å². The van der Waals surface area contributed by atoms with E-state index in [1.54, 1.807) is 49.6 Å². The van der Waals surface area contributed by atoms with Crippen LogP contribution >= 0.6 is 35.0 Å². The molecule has 0 saturated heterocycles. The van der Waals surface area contributed by atoms with Crippen LogP contribution in [0.25, 0.3) is 0 Å². The number of thioether (sulfide) groups is 1. The van der Waals surface area contributed by atoms with Gasteiger partial charge in [0.05, 0.1) is 17.2 Å². The third-order valence-electron chi connectivity index (χ3n) is 5.25. The Balaban J connectivity index is 1.47. The summed E-state index contributed by atoms with van der Waals surface area (Å²) in [5.41, 5.74) is 2.60. The Bertz CT molecular complexity index is 1350. The molecule has 0 saturated carbocycles. The van der Waals surface area contributed by atoms with Gasteiger partial charge in [-0.3, -0.25) is 9.59 Å². The molecule has 2 N–H and O–H groups in total. The molecule has 8 heteroatoms. The van der Waals surface area contributed by atoms with E-state index in [1.165, 1.54) is 11.8 Å². The van der Waals surface area contributed by atoms with E-state index in [1.807, 2.05) is 54.6 Å². The molecule has 1 atom stereocenters. The number of amides is 2. The Morgan fingerprint density at radius 1 is 0.778 bits per heavy atom. The first-order valence-electron chi connectivity index (χ1n) is 11.0. The highest BCUT2D eigenvalue weighted by Gasteiger charge is 2.22. The van der Waals surface area contributed by atoms with Gasteiger partial charge in [0.1, 0.15) is 11.0 Å². The second-order valence-electron chi connectivity index (χ2n) is 7.73. The van der Waals surface area contributed by atoms with Crippen LogP contribution in [0.1, 0.15) is 21.2 Å². The number of carbonyl (C=O) groups excluding carboxylic acids is 2. The molecule has 4 aromatic carbocycles. The van der Waals surface area contributed by atoms with Crippen LogP contribution in [-0.4, -0.2) is 18.9 Å². The Morgan fingerprint density at radius 2 is 1.44 bits per heavy atom. The van der Waals surface area contributed by atoms with Crippen molar-refractivity contribution in [2.75, 3.05) is 17.7 Å². The van der Waals surface area contributed by atoms with Gasteiger partial charge in [0.25, 0.3) is 5.91 Å². The van der Waals surface area contributed by atoms with Crippen molar-refractivity contribution in [3.63, 3.8) is 0 Å². The van der Waals surface area contributed by atoms with Crippen molar-refractivity contribution in [1.82, 2.24) is 0 Å². The van der Waals surface area contributed by atoms with E-state index in [-0.39, 0.29) is 11.8 Å². The van der Waals surface area contributed by atoms with Gasteiger partial charge >= 0.3 is 0 Å². The van der Waals surface area contributed by atoms with E-state index < -0.39 is 5.25 Å². The zero-order valence-electron chi connectivity index (χ0n) is 19.2. The average Bonchev–Trinajstić information content (AvgIpc) is 2.90. The van der Waals surface area contributed by atoms with Crippen LogP contribution in [0.4, 0.5) is 11.4 Å². The molecule has 4 aromatic rings. The number of benzene rings is 4. The smallest absolute Gasteiger partial charge is 0.255 e. The fraction of sp³-hybridized carbons (Fsp3) is 0.0714. The molecule has 0 radical (unpaired) electrons. The standard InChI is InChI=1S/C28H22Cl2N2O3S/c1-35-22-12-7-19(8-13-22)27(33)31-20-9-14-23(15-10-20)36-26(18-5-3-2-4-6-18)28(34)32-21-11-16-24(29)25(30)17-21/h2-17,26H,1H3,(H,31,33)(H,32,34). The minimum atomic E-state index is -0.514. The van der Waals surface area contributed by atoms with Gasteiger partial charge in [-0.25, -0.2) is 0 Å². The van der Waals surface area contributed by atoms with Crippen LogP contribution in [0.15, 0.2) is 102 Å². The third-order valence-corrected chi connectivity index (χ3v) is 7.25. The van der Waals surface area contributed by atoms with Crippen molar-refractivity contribution >= 4 is 58.2 Å². The summed E-state index contributed by atoms with van der Waals surface area (Å²) in [5.74, 6) is 0.270. The highest BCUT2D eigenvalue weighted by molar-refractivity contribution is 8.00. The van der Waals surface area contributed by atoms with Crippen LogP contribution in [0.5, 0.6) is 5.75 Å². The molecule has 0 heterocycles. The lowest BCUT2D eigenvalue weighted by Gasteiger charge is -2.18. The SMILES string of the molecule is COc1ccc(C(=O)Nc2ccc(SC(C(=O)Nc3ccc(Cl)c(Cl)c3)c3ccccc3)cc2)cc1. The molecule has 182 valence electrons. The third kappa shape index (κ3) is 6.61. The van der Waals surface area contributed by atoms with Gasteiger partial charge in [-0.2, -0.15) is 0 Å². The van der Waals surface area contributed by atoms with Gasteiger partial charge in [-0.15, -0.1) is 11.8 Å². The van der Waals surface area contributed by atoms with E-state index in [2.05, 4.69) is 10.6 Å². The molecule has 0 bridgehead atoms. The van der Waals surface area contributed by atoms with Gasteiger partial charge < -0.3 is 15.4 Å². The number of ether oxygens (including phenoxy) is 1. The predicted octanol–water partition coefficient (Wildman–Crippen LogP) is 7.73. The lowest BCUT2D eigenvalue weighted by molar-refractivity contribution is -0.115. The Kier molecular flexibility index (Phi) is 8.54. The summed E-state index contributed by atoms with van der Waals surface area (Å²) in [6, 6.07) is 28.7. The van der Waals surface area contributed by atoms with Gasteiger partial charge in [0, 0.05) is 21.8 Å². The maximum absolute atomic E-state index is 13.3. The predicted molar refractivity (Wildman–Crippen MR) is 148 cm³/mol. The number of nitrogens with one attached hydrogen (secondary N) is 2. The van der Waals surface area contributed by atoms with Crippen LogP contribution in [0.2, 0.25) is 10.0 Å². The minimum Gasteiger partial charge on any atom is -0.497 e. The van der Waals surface area contributed by atoms with Crippen LogP contribution < -0.4 is 15.4 Å². The zero-order valence-corrected chi connectivity index (χ0v) is 21.5. The van der Waals surface area contributed by atoms with E-state index in [0.29, 0.717) is 32.7 Å². The molecule has 0 aliphatic rings. The summed E-state index contributed by atoms with van der Waals surface area (Å²) in [6.07, 6.45) is 0. The number of carbonyl (C=O) groups is 2. The van der Waals surface area contributed by atoms with Crippen LogP contribution in [0.3, 0.4) is 0 Å². The molecule has 5 nitrogen and oxygen atoms in total. The lowest BCUT2D eigenvalue weighted by Crippen LogP contribution is -2.19. The topological polar surface area (TPSA) is 67.4 Å². The summed E-state index contributed by atoms with van der Waals surface area (Å²) < 4.78 is 5.13. The second kappa shape index (κ2) is 12.0. The number of methoxy groups -OCH3 is 1. The molecule has 0 aromatic heterocycles. The maximum Gasteiger partial charge on any atom is 0.255 e. The normalized spacial score (nSPS) is 11.4. The van der Waals surface area contributed by atoms with Crippen molar-refractivity contribution in [3.05, 3.63) is 118 Å². The number of hydrogen-bond acceptors (Lipinski definition) is 4. The highest BCUT2D eigenvalue weighted by atomic mass is 35.5. The molecule has 0 fully saturated rings. The minimum absolute atomic E-state index is 0.193. The molecule has 1 unspecified atom stereocenters.